The number of ether oxygens (including phenoxy) is 1. The fraction of sp³-hybridized carbons (Fsp3) is 0.0755. The minimum atomic E-state index is -0.575. The molecule has 6 aromatic carbocycles. The van der Waals surface area contributed by atoms with Crippen molar-refractivity contribution in [2.75, 3.05) is 0 Å². The van der Waals surface area contributed by atoms with Crippen molar-refractivity contribution in [3.63, 3.8) is 0 Å². The maximum atomic E-state index is 6.82. The fourth-order valence-electron chi connectivity index (χ4n) is 10.2. The lowest BCUT2D eigenvalue weighted by Crippen LogP contribution is -2.35. The van der Waals surface area contributed by atoms with E-state index >= 15 is 0 Å². The first-order chi connectivity index (χ1) is 29.0. The van der Waals surface area contributed by atoms with Crippen LogP contribution in [0.15, 0.2) is 170 Å². The quantitative estimate of drug-likeness (QED) is 0.164. The van der Waals surface area contributed by atoms with Crippen LogP contribution in [0.5, 0.6) is 11.5 Å². The minimum Gasteiger partial charge on any atom is -0.457 e. The number of hydrogen-bond acceptors (Lipinski definition) is 4. The average molecular weight is 760 g/mol. The van der Waals surface area contributed by atoms with E-state index in [9.17, 15) is 0 Å². The highest BCUT2D eigenvalue weighted by Crippen LogP contribution is 2.54. The van der Waals surface area contributed by atoms with Crippen LogP contribution in [0.4, 0.5) is 0 Å². The van der Waals surface area contributed by atoms with E-state index in [0.717, 1.165) is 78.0 Å². The van der Waals surface area contributed by atoms with E-state index in [0.29, 0.717) is 0 Å². The Morgan fingerprint density at radius 3 is 1.98 bits per heavy atom. The van der Waals surface area contributed by atoms with Crippen LogP contribution < -0.4 is 4.74 Å². The van der Waals surface area contributed by atoms with Crippen molar-refractivity contribution in [2.24, 2.45) is 0 Å². The molecule has 6 heterocycles. The molecule has 0 amide bonds. The van der Waals surface area contributed by atoms with E-state index in [4.69, 9.17) is 19.7 Å². The van der Waals surface area contributed by atoms with Gasteiger partial charge < -0.3 is 4.74 Å². The number of rotatable bonds is 5. The molecule has 6 heteroatoms. The van der Waals surface area contributed by atoms with Gasteiger partial charge in [-0.2, -0.15) is 0 Å². The summed E-state index contributed by atoms with van der Waals surface area (Å²) in [5, 5.41) is 4.33. The molecule has 0 atom stereocenters. The molecule has 1 aliphatic heterocycles. The fourth-order valence-corrected chi connectivity index (χ4v) is 10.2. The minimum absolute atomic E-state index is 0.575. The summed E-state index contributed by atoms with van der Waals surface area (Å²) in [6.45, 7) is 6.48. The Morgan fingerprint density at radius 1 is 0.542 bits per heavy atom. The van der Waals surface area contributed by atoms with Crippen LogP contribution in [0.25, 0.3) is 66.3 Å². The second kappa shape index (κ2) is 12.5. The Kier molecular flexibility index (Phi) is 7.09. The monoisotopic (exact) mass is 759 g/mol. The molecule has 0 unspecified atom stereocenters. The Balaban J connectivity index is 1.05. The number of para-hydroxylation sites is 1. The van der Waals surface area contributed by atoms with Crippen molar-refractivity contribution in [3.8, 4) is 28.6 Å². The summed E-state index contributed by atoms with van der Waals surface area (Å²) in [6, 6.07) is 54.0. The van der Waals surface area contributed by atoms with Crippen LogP contribution in [0.2, 0.25) is 0 Å². The molecule has 0 N–H and O–H groups in total. The van der Waals surface area contributed by atoms with Gasteiger partial charge in [0, 0.05) is 57.3 Å². The number of nitrogens with zero attached hydrogens (tertiary/aromatic N) is 5. The van der Waals surface area contributed by atoms with Gasteiger partial charge in [-0.3, -0.25) is 14.0 Å². The van der Waals surface area contributed by atoms with E-state index in [1.165, 1.54) is 38.8 Å². The van der Waals surface area contributed by atoms with Crippen LogP contribution in [0.3, 0.4) is 0 Å². The molecule has 0 aliphatic carbocycles. The Labute approximate surface area is 340 Å². The number of imidazole rings is 1. The summed E-state index contributed by atoms with van der Waals surface area (Å²) in [7, 11) is 0. The highest BCUT2D eigenvalue weighted by atomic mass is 16.5. The molecule has 0 bridgehead atoms. The van der Waals surface area contributed by atoms with Gasteiger partial charge in [-0.25, -0.2) is 9.97 Å². The van der Waals surface area contributed by atoms with E-state index < -0.39 is 5.41 Å². The molecule has 0 spiro atoms. The topological polar surface area (TPSA) is 57.2 Å². The highest BCUT2D eigenvalue weighted by Gasteiger charge is 2.45. The van der Waals surface area contributed by atoms with Crippen LogP contribution in [0, 0.1) is 20.8 Å². The standard InChI is InChI=1S/C53H37N5O/c1-32-27-33(2)48(34(3)28-32)45-31-57-46-20-12-25-54-49(46)40-24-22-37(29-42(40)51(57)56-45)59-38-21-23-39-41-17-10-18-43-50(41)58(47(39)30-38)52-44(19-11-26-55-52)53(43,35-13-6-4-7-14-35)36-15-8-5-9-16-36/h4-31H,1-3H3. The summed E-state index contributed by atoms with van der Waals surface area (Å²) >= 11 is 0. The van der Waals surface area contributed by atoms with E-state index in [1.807, 2.05) is 24.5 Å². The van der Waals surface area contributed by atoms with Gasteiger partial charge >= 0.3 is 0 Å². The molecule has 0 saturated heterocycles. The van der Waals surface area contributed by atoms with Crippen LogP contribution in [0.1, 0.15) is 38.9 Å². The van der Waals surface area contributed by atoms with Gasteiger partial charge in [0.25, 0.3) is 0 Å². The Morgan fingerprint density at radius 2 is 1.22 bits per heavy atom. The summed E-state index contributed by atoms with van der Waals surface area (Å²) in [5.41, 5.74) is 15.0. The number of benzene rings is 6. The number of aromatic nitrogens is 5. The van der Waals surface area contributed by atoms with E-state index in [1.54, 1.807) is 0 Å². The van der Waals surface area contributed by atoms with E-state index in [-0.39, 0.29) is 0 Å². The first kappa shape index (κ1) is 33.6. The van der Waals surface area contributed by atoms with Crippen LogP contribution in [-0.4, -0.2) is 23.9 Å². The summed E-state index contributed by atoms with van der Waals surface area (Å²) in [5.74, 6) is 2.38. The maximum absolute atomic E-state index is 6.82. The molecule has 0 saturated carbocycles. The first-order valence-electron chi connectivity index (χ1n) is 20.1. The number of hydrogen-bond donors (Lipinski definition) is 0. The zero-order chi connectivity index (χ0) is 39.4. The summed E-state index contributed by atoms with van der Waals surface area (Å²) < 4.78 is 11.3. The Bertz CT molecular complexity index is 3450. The lowest BCUT2D eigenvalue weighted by molar-refractivity contribution is 0.484. The first-order valence-corrected chi connectivity index (χ1v) is 20.1. The Hall–Kier alpha value is -7.57. The zero-order valence-corrected chi connectivity index (χ0v) is 32.8. The SMILES string of the molecule is Cc1cc(C)c(-c2cn3c4cccnc4c4ccc(Oc5ccc6c7cccc8c7n(c6c5)-c5ncccc5C8(c5ccccc5)c5ccccc5)cc4c3n2)c(C)c1. The molecule has 280 valence electrons. The van der Waals surface area contributed by atoms with Gasteiger partial charge in [0.05, 0.1) is 33.2 Å². The number of fused-ring (bicyclic) bond motifs is 11. The van der Waals surface area contributed by atoms with Crippen molar-refractivity contribution in [2.45, 2.75) is 26.2 Å². The lowest BCUT2D eigenvalue weighted by atomic mass is 9.63. The molecular formula is C53H37N5O. The molecule has 5 aromatic heterocycles. The molecule has 11 aromatic rings. The molecule has 6 nitrogen and oxygen atoms in total. The highest BCUT2D eigenvalue weighted by molar-refractivity contribution is 6.13. The van der Waals surface area contributed by atoms with Crippen molar-refractivity contribution >= 4 is 49.3 Å². The van der Waals surface area contributed by atoms with Gasteiger partial charge in [0.15, 0.2) is 0 Å². The van der Waals surface area contributed by atoms with Gasteiger partial charge in [0.2, 0.25) is 0 Å². The maximum Gasteiger partial charge on any atom is 0.146 e. The third-order valence-electron chi connectivity index (χ3n) is 12.4. The van der Waals surface area contributed by atoms with Crippen molar-refractivity contribution in [3.05, 3.63) is 209 Å². The average Bonchev–Trinajstić information content (AvgIpc) is 3.85. The van der Waals surface area contributed by atoms with Gasteiger partial charge in [0.1, 0.15) is 23.0 Å². The molecule has 59 heavy (non-hydrogen) atoms. The lowest BCUT2D eigenvalue weighted by Gasteiger charge is -2.41. The molecule has 1 aliphatic rings. The second-order valence-corrected chi connectivity index (χ2v) is 15.8. The third-order valence-corrected chi connectivity index (χ3v) is 12.4. The third kappa shape index (κ3) is 4.71. The zero-order valence-electron chi connectivity index (χ0n) is 32.8. The molecule has 0 fully saturated rings. The molecule has 0 radical (unpaired) electrons. The second-order valence-electron chi connectivity index (χ2n) is 15.8. The molecular weight excluding hydrogens is 723 g/mol. The van der Waals surface area contributed by atoms with Crippen molar-refractivity contribution in [1.29, 1.82) is 0 Å². The van der Waals surface area contributed by atoms with Crippen molar-refractivity contribution < 1.29 is 4.74 Å². The smallest absolute Gasteiger partial charge is 0.146 e. The van der Waals surface area contributed by atoms with E-state index in [2.05, 4.69) is 175 Å². The van der Waals surface area contributed by atoms with Crippen LogP contribution >= 0.6 is 0 Å². The normalized spacial score (nSPS) is 13.1. The van der Waals surface area contributed by atoms with Gasteiger partial charge in [-0.15, -0.1) is 0 Å². The van der Waals surface area contributed by atoms with Gasteiger partial charge in [-0.1, -0.05) is 103 Å². The van der Waals surface area contributed by atoms with Crippen molar-refractivity contribution in [1.82, 2.24) is 23.9 Å². The predicted octanol–water partition coefficient (Wildman–Crippen LogP) is 12.6. The van der Waals surface area contributed by atoms with Crippen LogP contribution in [-0.2, 0) is 5.41 Å². The van der Waals surface area contributed by atoms with Gasteiger partial charge in [-0.05, 0) is 97.1 Å². The predicted molar refractivity (Wildman–Crippen MR) is 238 cm³/mol. The summed E-state index contributed by atoms with van der Waals surface area (Å²) in [4.78, 5) is 15.3. The number of pyridine rings is 3. The largest absolute Gasteiger partial charge is 0.457 e. The number of aryl methyl sites for hydroxylation is 3. The molecule has 12 rings (SSSR count). The summed E-state index contributed by atoms with van der Waals surface area (Å²) in [6.07, 6.45) is 5.91.